The Hall–Kier alpha value is -1.69. The van der Waals surface area contributed by atoms with Gasteiger partial charge in [-0.25, -0.2) is 9.97 Å². The van der Waals surface area contributed by atoms with Gasteiger partial charge in [-0.15, -0.1) is 0 Å². The third-order valence-electron chi connectivity index (χ3n) is 3.49. The molecular formula is C12H18N6. The Balaban J connectivity index is 1.86. The number of anilines is 1. The van der Waals surface area contributed by atoms with E-state index in [0.717, 1.165) is 36.2 Å². The van der Waals surface area contributed by atoms with Crippen LogP contribution >= 0.6 is 0 Å². The normalized spacial score (nSPS) is 24.3. The smallest absolute Gasteiger partial charge is 0.163 e. The average molecular weight is 246 g/mol. The highest BCUT2D eigenvalue weighted by Crippen LogP contribution is 2.21. The van der Waals surface area contributed by atoms with E-state index < -0.39 is 0 Å². The van der Waals surface area contributed by atoms with Crippen molar-refractivity contribution in [2.24, 2.45) is 7.05 Å². The lowest BCUT2D eigenvalue weighted by atomic mass is 10.0. The second-order valence-electron chi connectivity index (χ2n) is 4.95. The van der Waals surface area contributed by atoms with Gasteiger partial charge in [-0.2, -0.15) is 5.10 Å². The molecule has 0 spiro atoms. The van der Waals surface area contributed by atoms with E-state index in [1.54, 1.807) is 11.0 Å². The number of rotatable bonds is 2. The van der Waals surface area contributed by atoms with Crippen LogP contribution in [0.1, 0.15) is 19.8 Å². The maximum Gasteiger partial charge on any atom is 0.163 e. The van der Waals surface area contributed by atoms with Crippen molar-refractivity contribution in [3.63, 3.8) is 0 Å². The van der Waals surface area contributed by atoms with Gasteiger partial charge in [0, 0.05) is 19.1 Å². The summed E-state index contributed by atoms with van der Waals surface area (Å²) in [5.41, 5.74) is 0.870. The first-order valence-electron chi connectivity index (χ1n) is 6.36. The zero-order valence-electron chi connectivity index (χ0n) is 10.7. The molecule has 18 heavy (non-hydrogen) atoms. The minimum absolute atomic E-state index is 0.472. The number of aromatic nitrogens is 4. The third-order valence-corrected chi connectivity index (χ3v) is 3.49. The first-order valence-corrected chi connectivity index (χ1v) is 6.36. The molecule has 96 valence electrons. The van der Waals surface area contributed by atoms with E-state index in [2.05, 4.69) is 32.6 Å². The number of nitrogens with zero attached hydrogens (tertiary/aromatic N) is 4. The van der Waals surface area contributed by atoms with Crippen molar-refractivity contribution >= 4 is 16.9 Å². The second-order valence-corrected chi connectivity index (χ2v) is 4.95. The highest BCUT2D eigenvalue weighted by atomic mass is 15.3. The Labute approximate surface area is 106 Å². The summed E-state index contributed by atoms with van der Waals surface area (Å²) in [5.74, 6) is 0.896. The number of piperidine rings is 1. The molecule has 2 atom stereocenters. The molecule has 0 amide bonds. The molecule has 0 radical (unpaired) electrons. The van der Waals surface area contributed by atoms with E-state index in [0.29, 0.717) is 12.1 Å². The fourth-order valence-electron chi connectivity index (χ4n) is 2.53. The molecule has 2 aromatic heterocycles. The molecule has 2 unspecified atom stereocenters. The molecule has 0 aliphatic carbocycles. The van der Waals surface area contributed by atoms with Gasteiger partial charge in [-0.3, -0.25) is 4.68 Å². The van der Waals surface area contributed by atoms with E-state index in [4.69, 9.17) is 0 Å². The van der Waals surface area contributed by atoms with Crippen molar-refractivity contribution in [3.05, 3.63) is 12.5 Å². The summed E-state index contributed by atoms with van der Waals surface area (Å²) in [6.45, 7) is 3.27. The van der Waals surface area contributed by atoms with Crippen molar-refractivity contribution < 1.29 is 0 Å². The lowest BCUT2D eigenvalue weighted by molar-refractivity contribution is 0.396. The van der Waals surface area contributed by atoms with Crippen molar-refractivity contribution in [2.75, 3.05) is 11.9 Å². The van der Waals surface area contributed by atoms with Crippen molar-refractivity contribution in [1.29, 1.82) is 0 Å². The number of hydrogen-bond acceptors (Lipinski definition) is 5. The lowest BCUT2D eigenvalue weighted by Crippen LogP contribution is -2.41. The molecule has 3 heterocycles. The Morgan fingerprint density at radius 2 is 2.33 bits per heavy atom. The Kier molecular flexibility index (Phi) is 2.87. The van der Waals surface area contributed by atoms with Crippen LogP contribution in [0, 0.1) is 0 Å². The third kappa shape index (κ3) is 2.03. The van der Waals surface area contributed by atoms with Crippen LogP contribution in [0.15, 0.2) is 12.5 Å². The summed E-state index contributed by atoms with van der Waals surface area (Å²) in [6.07, 6.45) is 5.65. The van der Waals surface area contributed by atoms with E-state index in [1.165, 1.54) is 0 Å². The molecule has 0 saturated carbocycles. The van der Waals surface area contributed by atoms with Crippen LogP contribution < -0.4 is 10.6 Å². The molecular weight excluding hydrogens is 228 g/mol. The Bertz CT molecular complexity index is 548. The van der Waals surface area contributed by atoms with Gasteiger partial charge in [0.1, 0.15) is 12.1 Å². The van der Waals surface area contributed by atoms with Crippen LogP contribution in [0.25, 0.3) is 11.0 Å². The molecule has 1 aliphatic heterocycles. The molecule has 0 aromatic carbocycles. The number of aryl methyl sites for hydroxylation is 1. The Morgan fingerprint density at radius 3 is 3.17 bits per heavy atom. The van der Waals surface area contributed by atoms with Gasteiger partial charge in [0.2, 0.25) is 0 Å². The van der Waals surface area contributed by atoms with Gasteiger partial charge in [0.25, 0.3) is 0 Å². The van der Waals surface area contributed by atoms with Gasteiger partial charge >= 0.3 is 0 Å². The van der Waals surface area contributed by atoms with E-state index in [1.807, 2.05) is 13.2 Å². The number of hydrogen-bond donors (Lipinski definition) is 2. The van der Waals surface area contributed by atoms with E-state index in [9.17, 15) is 0 Å². The highest BCUT2D eigenvalue weighted by molar-refractivity contribution is 5.86. The van der Waals surface area contributed by atoms with Crippen LogP contribution in [0.3, 0.4) is 0 Å². The topological polar surface area (TPSA) is 67.7 Å². The summed E-state index contributed by atoms with van der Waals surface area (Å²) in [7, 11) is 1.89. The molecule has 2 aromatic rings. The fraction of sp³-hybridized carbons (Fsp3) is 0.583. The molecule has 1 fully saturated rings. The summed E-state index contributed by atoms with van der Waals surface area (Å²) < 4.78 is 1.77. The second kappa shape index (κ2) is 4.53. The number of nitrogens with one attached hydrogen (secondary N) is 2. The maximum absolute atomic E-state index is 4.34. The minimum Gasteiger partial charge on any atom is -0.367 e. The van der Waals surface area contributed by atoms with E-state index in [-0.39, 0.29) is 0 Å². The quantitative estimate of drug-likeness (QED) is 0.824. The lowest BCUT2D eigenvalue weighted by Gasteiger charge is -2.29. The highest BCUT2D eigenvalue weighted by Gasteiger charge is 2.19. The SMILES string of the molecule is CC1CC(Nc2ncnc3c2cnn3C)CCN1. The molecule has 6 nitrogen and oxygen atoms in total. The first-order chi connectivity index (χ1) is 8.74. The number of fused-ring (bicyclic) bond motifs is 1. The van der Waals surface area contributed by atoms with Gasteiger partial charge in [0.15, 0.2) is 5.65 Å². The largest absolute Gasteiger partial charge is 0.367 e. The van der Waals surface area contributed by atoms with Crippen molar-refractivity contribution in [2.45, 2.75) is 31.8 Å². The van der Waals surface area contributed by atoms with Crippen molar-refractivity contribution in [1.82, 2.24) is 25.1 Å². The van der Waals surface area contributed by atoms with E-state index >= 15 is 0 Å². The Morgan fingerprint density at radius 1 is 1.44 bits per heavy atom. The van der Waals surface area contributed by atoms with Gasteiger partial charge < -0.3 is 10.6 Å². The summed E-state index contributed by atoms with van der Waals surface area (Å²) in [4.78, 5) is 8.59. The summed E-state index contributed by atoms with van der Waals surface area (Å²) in [5, 5.41) is 12.2. The van der Waals surface area contributed by atoms with Crippen LogP contribution in [0.2, 0.25) is 0 Å². The van der Waals surface area contributed by atoms with Crippen LogP contribution in [-0.2, 0) is 7.05 Å². The summed E-state index contributed by atoms with van der Waals surface area (Å²) in [6, 6.07) is 1.03. The zero-order valence-corrected chi connectivity index (χ0v) is 10.7. The van der Waals surface area contributed by atoms with Gasteiger partial charge in [-0.05, 0) is 26.3 Å². The molecule has 6 heteroatoms. The van der Waals surface area contributed by atoms with Gasteiger partial charge in [0.05, 0.1) is 11.6 Å². The first kappa shape index (κ1) is 11.4. The van der Waals surface area contributed by atoms with Crippen molar-refractivity contribution in [3.8, 4) is 0 Å². The van der Waals surface area contributed by atoms with Crippen LogP contribution in [-0.4, -0.2) is 38.4 Å². The van der Waals surface area contributed by atoms with Crippen LogP contribution in [0.4, 0.5) is 5.82 Å². The minimum atomic E-state index is 0.472. The van der Waals surface area contributed by atoms with Crippen LogP contribution in [0.5, 0.6) is 0 Å². The molecule has 0 bridgehead atoms. The molecule has 3 rings (SSSR count). The standard InChI is InChI=1S/C12H18N6/c1-8-5-9(3-4-13-8)17-11-10-6-16-18(2)12(10)15-7-14-11/h6-9,13H,3-5H2,1-2H3,(H,14,15,17). The predicted octanol–water partition coefficient (Wildman–Crippen LogP) is 0.916. The average Bonchev–Trinajstić information content (AvgIpc) is 2.73. The summed E-state index contributed by atoms with van der Waals surface area (Å²) >= 11 is 0. The monoisotopic (exact) mass is 246 g/mol. The molecule has 2 N–H and O–H groups in total. The fourth-order valence-corrected chi connectivity index (χ4v) is 2.53. The molecule has 1 saturated heterocycles. The predicted molar refractivity (Wildman–Crippen MR) is 70.4 cm³/mol. The van der Waals surface area contributed by atoms with Gasteiger partial charge in [-0.1, -0.05) is 0 Å². The zero-order chi connectivity index (χ0) is 12.5. The maximum atomic E-state index is 4.34. The molecule has 1 aliphatic rings.